The van der Waals surface area contributed by atoms with Gasteiger partial charge in [0.2, 0.25) is 0 Å². The van der Waals surface area contributed by atoms with Gasteiger partial charge in [-0.25, -0.2) is 13.2 Å². The Hall–Kier alpha value is -3.26. The smallest absolute Gasteiger partial charge is 0.407 e. The Morgan fingerprint density at radius 2 is 1.74 bits per heavy atom. The van der Waals surface area contributed by atoms with Crippen molar-refractivity contribution in [1.29, 1.82) is 0 Å². The normalized spacial score (nSPS) is 15.2. The molecule has 186 valence electrons. The fourth-order valence-corrected chi connectivity index (χ4v) is 6.04. The lowest BCUT2D eigenvalue weighted by Crippen LogP contribution is -2.46. The first-order valence-corrected chi connectivity index (χ1v) is 13.5. The minimum absolute atomic E-state index is 0.0427. The number of amides is 1. The number of nitrogens with two attached hydrogens (primary N) is 1. The topological polar surface area (TPSA) is 102 Å². The molecule has 3 aromatic rings. The summed E-state index contributed by atoms with van der Waals surface area (Å²) in [6.45, 7) is 7.00. The second-order valence-corrected chi connectivity index (χ2v) is 12.0. The van der Waals surface area contributed by atoms with Crippen LogP contribution in [0.3, 0.4) is 0 Å². The van der Waals surface area contributed by atoms with Crippen molar-refractivity contribution in [3.8, 4) is 0 Å². The number of nitrogens with zero attached hydrogens (tertiary/aromatic N) is 1. The number of rotatable bonds is 5. The first-order chi connectivity index (χ1) is 16.5. The van der Waals surface area contributed by atoms with Crippen molar-refractivity contribution in [2.45, 2.75) is 55.9 Å². The molecule has 35 heavy (non-hydrogen) atoms. The Balaban J connectivity index is 1.47. The molecule has 4 rings (SSSR count). The molecule has 1 aliphatic rings. The van der Waals surface area contributed by atoms with Crippen LogP contribution >= 0.6 is 0 Å². The van der Waals surface area contributed by atoms with Crippen LogP contribution in [0.1, 0.15) is 39.2 Å². The van der Waals surface area contributed by atoms with E-state index in [1.54, 1.807) is 18.2 Å². The van der Waals surface area contributed by atoms with Crippen LogP contribution < -0.4 is 16.0 Å². The van der Waals surface area contributed by atoms with E-state index >= 15 is 0 Å². The molecular weight excluding hydrogens is 462 g/mol. The summed E-state index contributed by atoms with van der Waals surface area (Å²) in [5.41, 5.74) is 7.64. The number of nitrogen functional groups attached to an aromatic ring is 1. The van der Waals surface area contributed by atoms with E-state index in [4.69, 9.17) is 10.5 Å². The SMILES string of the molecule is CC(C)(C)OC(=O)NC1CCN(c2ccc(N)c(CS(=O)(=O)c3cccc4ccccc34)c2)CC1. The van der Waals surface area contributed by atoms with Gasteiger partial charge in [-0.05, 0) is 68.8 Å². The Bertz CT molecular complexity index is 1320. The first kappa shape index (κ1) is 24.9. The van der Waals surface area contributed by atoms with Gasteiger partial charge in [-0.2, -0.15) is 0 Å². The molecule has 1 heterocycles. The van der Waals surface area contributed by atoms with E-state index in [9.17, 15) is 13.2 Å². The molecule has 0 atom stereocenters. The number of benzene rings is 3. The molecule has 8 heteroatoms. The molecule has 0 unspecified atom stereocenters. The molecule has 1 saturated heterocycles. The average molecular weight is 496 g/mol. The Morgan fingerprint density at radius 3 is 2.46 bits per heavy atom. The Labute approximate surface area is 207 Å². The molecule has 1 fully saturated rings. The third-order valence-corrected chi connectivity index (χ3v) is 7.85. The van der Waals surface area contributed by atoms with E-state index < -0.39 is 21.5 Å². The highest BCUT2D eigenvalue weighted by molar-refractivity contribution is 7.90. The molecule has 3 aromatic carbocycles. The van der Waals surface area contributed by atoms with Crippen LogP contribution in [-0.2, 0) is 20.3 Å². The maximum absolute atomic E-state index is 13.4. The van der Waals surface area contributed by atoms with Gasteiger partial charge in [0.25, 0.3) is 0 Å². The predicted molar refractivity (Wildman–Crippen MR) is 140 cm³/mol. The van der Waals surface area contributed by atoms with Crippen molar-refractivity contribution in [2.24, 2.45) is 0 Å². The largest absolute Gasteiger partial charge is 0.444 e. The van der Waals surface area contributed by atoms with Crippen LogP contribution in [0.25, 0.3) is 10.8 Å². The number of carbonyl (C=O) groups is 1. The molecule has 0 bridgehead atoms. The van der Waals surface area contributed by atoms with Gasteiger partial charge in [-0.3, -0.25) is 0 Å². The zero-order chi connectivity index (χ0) is 25.2. The van der Waals surface area contributed by atoms with E-state index in [0.717, 1.165) is 37.0 Å². The van der Waals surface area contributed by atoms with E-state index in [1.165, 1.54) is 0 Å². The minimum atomic E-state index is -3.61. The Kier molecular flexibility index (Phi) is 6.94. The summed E-state index contributed by atoms with van der Waals surface area (Å²) in [7, 11) is -3.61. The third kappa shape index (κ3) is 6.06. The Morgan fingerprint density at radius 1 is 1.06 bits per heavy atom. The van der Waals surface area contributed by atoms with Crippen molar-refractivity contribution in [3.63, 3.8) is 0 Å². The number of sulfone groups is 1. The number of carbonyl (C=O) groups excluding carboxylic acids is 1. The number of anilines is 2. The average Bonchev–Trinajstić information content (AvgIpc) is 2.79. The first-order valence-electron chi connectivity index (χ1n) is 11.9. The second kappa shape index (κ2) is 9.77. The molecule has 3 N–H and O–H groups in total. The number of hydrogen-bond acceptors (Lipinski definition) is 6. The summed E-state index contributed by atoms with van der Waals surface area (Å²) >= 11 is 0. The van der Waals surface area contributed by atoms with Gasteiger partial charge in [-0.15, -0.1) is 0 Å². The molecular formula is C27H33N3O4S. The number of piperidine rings is 1. The number of hydrogen-bond donors (Lipinski definition) is 2. The zero-order valence-electron chi connectivity index (χ0n) is 20.5. The van der Waals surface area contributed by atoms with Crippen LogP contribution in [0.2, 0.25) is 0 Å². The fraction of sp³-hybridized carbons (Fsp3) is 0.370. The van der Waals surface area contributed by atoms with Crippen molar-refractivity contribution >= 4 is 38.1 Å². The van der Waals surface area contributed by atoms with E-state index in [0.29, 0.717) is 21.5 Å². The fourth-order valence-electron chi connectivity index (χ4n) is 4.42. The van der Waals surface area contributed by atoms with Crippen molar-refractivity contribution < 1.29 is 17.9 Å². The van der Waals surface area contributed by atoms with Gasteiger partial charge in [0, 0.05) is 35.9 Å². The predicted octanol–water partition coefficient (Wildman–Crippen LogP) is 4.89. The van der Waals surface area contributed by atoms with E-state index in [1.807, 2.05) is 63.2 Å². The third-order valence-electron chi connectivity index (χ3n) is 6.14. The molecule has 0 radical (unpaired) electrons. The van der Waals surface area contributed by atoms with Gasteiger partial charge < -0.3 is 20.7 Å². The second-order valence-electron chi connectivity index (χ2n) is 10.0. The molecule has 1 aliphatic heterocycles. The van der Waals surface area contributed by atoms with Crippen LogP contribution in [0.15, 0.2) is 65.6 Å². The maximum atomic E-state index is 13.4. The van der Waals surface area contributed by atoms with Gasteiger partial charge in [0.1, 0.15) is 5.60 Å². The highest BCUT2D eigenvalue weighted by atomic mass is 32.2. The van der Waals surface area contributed by atoms with E-state index in [2.05, 4.69) is 10.2 Å². The van der Waals surface area contributed by atoms with Crippen molar-refractivity contribution in [1.82, 2.24) is 5.32 Å². The van der Waals surface area contributed by atoms with Gasteiger partial charge in [-0.1, -0.05) is 36.4 Å². The highest BCUT2D eigenvalue weighted by Gasteiger charge is 2.25. The maximum Gasteiger partial charge on any atom is 0.407 e. The minimum Gasteiger partial charge on any atom is -0.444 e. The molecule has 0 saturated carbocycles. The van der Waals surface area contributed by atoms with Gasteiger partial charge in [0.15, 0.2) is 9.84 Å². The quantitative estimate of drug-likeness (QED) is 0.489. The monoisotopic (exact) mass is 495 g/mol. The van der Waals surface area contributed by atoms with Gasteiger partial charge in [0.05, 0.1) is 10.6 Å². The summed E-state index contributed by atoms with van der Waals surface area (Å²) in [5, 5.41) is 4.54. The standard InChI is InChI=1S/C27H33N3O4S/c1-27(2,3)34-26(31)29-21-13-15-30(16-14-21)22-11-12-24(28)20(17-22)18-35(32,33)25-10-6-8-19-7-4-5-9-23(19)25/h4-12,17,21H,13-16,18,28H2,1-3H3,(H,29,31). The molecule has 0 aromatic heterocycles. The number of fused-ring (bicyclic) bond motifs is 1. The summed E-state index contributed by atoms with van der Waals surface area (Å²) in [5.74, 6) is -0.169. The number of nitrogens with one attached hydrogen (secondary N) is 1. The van der Waals surface area contributed by atoms with Crippen molar-refractivity contribution in [2.75, 3.05) is 23.7 Å². The van der Waals surface area contributed by atoms with Gasteiger partial charge >= 0.3 is 6.09 Å². The highest BCUT2D eigenvalue weighted by Crippen LogP contribution is 2.30. The lowest BCUT2D eigenvalue weighted by Gasteiger charge is -2.34. The molecule has 0 spiro atoms. The molecule has 1 amide bonds. The molecule has 7 nitrogen and oxygen atoms in total. The van der Waals surface area contributed by atoms with E-state index in [-0.39, 0.29) is 11.8 Å². The zero-order valence-corrected chi connectivity index (χ0v) is 21.3. The summed E-state index contributed by atoms with van der Waals surface area (Å²) in [6.07, 6.45) is 1.14. The summed E-state index contributed by atoms with van der Waals surface area (Å²) < 4.78 is 32.1. The number of alkyl carbamates (subject to hydrolysis) is 1. The van der Waals surface area contributed by atoms with Crippen LogP contribution in [0, 0.1) is 0 Å². The van der Waals surface area contributed by atoms with Crippen molar-refractivity contribution in [3.05, 3.63) is 66.2 Å². The van der Waals surface area contributed by atoms with Crippen LogP contribution in [-0.4, -0.2) is 39.2 Å². The number of ether oxygens (including phenoxy) is 1. The summed E-state index contributed by atoms with van der Waals surface area (Å²) in [6, 6.07) is 18.4. The summed E-state index contributed by atoms with van der Waals surface area (Å²) in [4.78, 5) is 14.6. The molecule has 0 aliphatic carbocycles. The lowest BCUT2D eigenvalue weighted by atomic mass is 10.0. The van der Waals surface area contributed by atoms with Crippen LogP contribution in [0.4, 0.5) is 16.2 Å². The van der Waals surface area contributed by atoms with Crippen LogP contribution in [0.5, 0.6) is 0 Å². The lowest BCUT2D eigenvalue weighted by molar-refractivity contribution is 0.0497.